The third kappa shape index (κ3) is 3.01. The molecule has 0 aliphatic carbocycles. The largest absolute Gasteiger partial charge is 0.107 e. The summed E-state index contributed by atoms with van der Waals surface area (Å²) in [6.07, 6.45) is 0. The summed E-state index contributed by atoms with van der Waals surface area (Å²) in [7, 11) is -1.22. The SMILES string of the molecule is C=C[Si](C)(C=C)CCBr. The Kier molecular flexibility index (Phi) is 4.15. The molecule has 0 aromatic rings. The van der Waals surface area contributed by atoms with Crippen LogP contribution in [0.4, 0.5) is 0 Å². The van der Waals surface area contributed by atoms with Gasteiger partial charge in [0.15, 0.2) is 0 Å². The van der Waals surface area contributed by atoms with Gasteiger partial charge in [-0.2, -0.15) is 0 Å². The molecule has 0 amide bonds. The number of hydrogen-bond donors (Lipinski definition) is 0. The molecule has 0 bridgehead atoms. The van der Waals surface area contributed by atoms with Crippen LogP contribution in [0.3, 0.4) is 0 Å². The van der Waals surface area contributed by atoms with Gasteiger partial charge in [-0.15, -0.1) is 13.2 Å². The van der Waals surface area contributed by atoms with E-state index in [0.717, 1.165) is 5.33 Å². The summed E-state index contributed by atoms with van der Waals surface area (Å²) in [4.78, 5) is 0. The van der Waals surface area contributed by atoms with Gasteiger partial charge in [-0.1, -0.05) is 33.9 Å². The molecular weight excluding hydrogens is 192 g/mol. The van der Waals surface area contributed by atoms with Crippen molar-refractivity contribution in [3.05, 3.63) is 24.6 Å². The molecule has 0 aliphatic rings. The quantitative estimate of drug-likeness (QED) is 0.489. The highest BCUT2D eigenvalue weighted by Crippen LogP contribution is 2.12. The van der Waals surface area contributed by atoms with Crippen molar-refractivity contribution in [2.75, 3.05) is 5.33 Å². The van der Waals surface area contributed by atoms with E-state index in [1.165, 1.54) is 6.04 Å². The van der Waals surface area contributed by atoms with Crippen molar-refractivity contribution in [1.82, 2.24) is 0 Å². The van der Waals surface area contributed by atoms with Crippen LogP contribution in [0, 0.1) is 0 Å². The van der Waals surface area contributed by atoms with Crippen LogP contribution in [0.5, 0.6) is 0 Å². The fraction of sp³-hybridized carbons (Fsp3) is 0.429. The summed E-state index contributed by atoms with van der Waals surface area (Å²) in [6.45, 7) is 9.84. The summed E-state index contributed by atoms with van der Waals surface area (Å²) in [6, 6.07) is 1.21. The Morgan fingerprint density at radius 1 is 1.44 bits per heavy atom. The van der Waals surface area contributed by atoms with Gasteiger partial charge >= 0.3 is 0 Å². The molecule has 0 heterocycles. The highest BCUT2D eigenvalue weighted by atomic mass is 79.9. The molecule has 0 unspecified atom stereocenters. The summed E-state index contributed by atoms with van der Waals surface area (Å²) in [5.41, 5.74) is 4.14. The van der Waals surface area contributed by atoms with Crippen molar-refractivity contribution in [3.8, 4) is 0 Å². The van der Waals surface area contributed by atoms with E-state index in [9.17, 15) is 0 Å². The van der Waals surface area contributed by atoms with Gasteiger partial charge < -0.3 is 0 Å². The molecule has 0 aliphatic heterocycles. The lowest BCUT2D eigenvalue weighted by Gasteiger charge is -2.15. The molecule has 9 heavy (non-hydrogen) atoms. The molecule has 0 spiro atoms. The third-order valence-electron chi connectivity index (χ3n) is 1.57. The Hall–Kier alpha value is 0.177. The molecule has 0 fully saturated rings. The molecule has 0 atom stereocenters. The first-order chi connectivity index (χ1) is 4.18. The van der Waals surface area contributed by atoms with Crippen LogP contribution in [0.15, 0.2) is 24.6 Å². The van der Waals surface area contributed by atoms with E-state index in [-0.39, 0.29) is 0 Å². The number of halogens is 1. The first-order valence-electron chi connectivity index (χ1n) is 3.01. The van der Waals surface area contributed by atoms with E-state index in [0.29, 0.717) is 0 Å². The summed E-state index contributed by atoms with van der Waals surface area (Å²) >= 11 is 3.41. The molecule has 0 saturated heterocycles. The number of alkyl halides is 1. The molecule has 0 rings (SSSR count). The molecule has 0 saturated carbocycles. The van der Waals surface area contributed by atoms with Gasteiger partial charge in [0.1, 0.15) is 0 Å². The smallest absolute Gasteiger partial charge is 0.0981 e. The van der Waals surface area contributed by atoms with E-state index in [2.05, 4.69) is 47.0 Å². The topological polar surface area (TPSA) is 0 Å². The summed E-state index contributed by atoms with van der Waals surface area (Å²) < 4.78 is 0. The minimum absolute atomic E-state index is 1.06. The van der Waals surface area contributed by atoms with Gasteiger partial charge in [0.25, 0.3) is 0 Å². The fourth-order valence-corrected chi connectivity index (χ4v) is 4.04. The van der Waals surface area contributed by atoms with Crippen LogP contribution < -0.4 is 0 Å². The van der Waals surface area contributed by atoms with Crippen LogP contribution in [-0.2, 0) is 0 Å². The second-order valence-electron chi connectivity index (χ2n) is 2.35. The highest BCUT2D eigenvalue weighted by Gasteiger charge is 2.16. The van der Waals surface area contributed by atoms with Crippen molar-refractivity contribution in [3.63, 3.8) is 0 Å². The van der Waals surface area contributed by atoms with Crippen molar-refractivity contribution < 1.29 is 0 Å². The maximum atomic E-state index is 3.79. The lowest BCUT2D eigenvalue weighted by atomic mass is 11.0. The van der Waals surface area contributed by atoms with E-state index < -0.39 is 8.07 Å². The Bertz CT molecular complexity index is 101. The monoisotopic (exact) mass is 204 g/mol. The minimum atomic E-state index is -1.22. The van der Waals surface area contributed by atoms with Crippen molar-refractivity contribution in [1.29, 1.82) is 0 Å². The van der Waals surface area contributed by atoms with Gasteiger partial charge in [0, 0.05) is 5.33 Å². The van der Waals surface area contributed by atoms with Gasteiger partial charge in [-0.3, -0.25) is 0 Å². The molecule has 52 valence electrons. The molecule has 0 radical (unpaired) electrons. The van der Waals surface area contributed by atoms with E-state index >= 15 is 0 Å². The Balaban J connectivity index is 3.91. The van der Waals surface area contributed by atoms with Crippen molar-refractivity contribution >= 4 is 24.0 Å². The maximum Gasteiger partial charge on any atom is 0.0981 e. The molecule has 0 aromatic heterocycles. The fourth-order valence-electron chi connectivity index (χ4n) is 0.491. The van der Waals surface area contributed by atoms with Crippen molar-refractivity contribution in [2.24, 2.45) is 0 Å². The second kappa shape index (κ2) is 4.07. The zero-order valence-electron chi connectivity index (χ0n) is 5.86. The number of rotatable bonds is 4. The normalized spacial score (nSPS) is 10.9. The molecule has 2 heteroatoms. The zero-order chi connectivity index (χ0) is 7.33. The predicted octanol–water partition coefficient (Wildman–Crippen LogP) is 2.91. The van der Waals surface area contributed by atoms with Gasteiger partial charge in [-0.05, 0) is 6.04 Å². The minimum Gasteiger partial charge on any atom is -0.107 e. The Morgan fingerprint density at radius 3 is 2.00 bits per heavy atom. The standard InChI is InChI=1S/C7H13BrSi/c1-4-9(3,5-2)7-6-8/h4-5H,1-2,6-7H2,3H3. The van der Waals surface area contributed by atoms with Crippen molar-refractivity contribution in [2.45, 2.75) is 12.6 Å². The van der Waals surface area contributed by atoms with E-state index in [1.54, 1.807) is 0 Å². The van der Waals surface area contributed by atoms with Crippen LogP contribution in [0.1, 0.15) is 0 Å². The second-order valence-corrected chi connectivity index (χ2v) is 7.47. The number of hydrogen-bond acceptors (Lipinski definition) is 0. The zero-order valence-corrected chi connectivity index (χ0v) is 8.45. The molecule has 0 aromatic carbocycles. The van der Waals surface area contributed by atoms with Crippen LogP contribution >= 0.6 is 15.9 Å². The summed E-state index contributed by atoms with van der Waals surface area (Å²) in [5, 5.41) is 1.06. The maximum absolute atomic E-state index is 3.79. The molecule has 0 N–H and O–H groups in total. The molecular formula is C7H13BrSi. The third-order valence-corrected chi connectivity index (χ3v) is 5.89. The van der Waals surface area contributed by atoms with Gasteiger partial charge in [0.2, 0.25) is 0 Å². The van der Waals surface area contributed by atoms with Crippen LogP contribution in [-0.4, -0.2) is 13.4 Å². The average Bonchev–Trinajstić information content (AvgIpc) is 1.89. The highest BCUT2D eigenvalue weighted by molar-refractivity contribution is 9.09. The van der Waals surface area contributed by atoms with E-state index in [1.807, 2.05) is 0 Å². The first-order valence-corrected chi connectivity index (χ1v) is 7.00. The Morgan fingerprint density at radius 2 is 1.89 bits per heavy atom. The van der Waals surface area contributed by atoms with Crippen LogP contribution in [0.2, 0.25) is 12.6 Å². The van der Waals surface area contributed by atoms with E-state index in [4.69, 9.17) is 0 Å². The van der Waals surface area contributed by atoms with Crippen LogP contribution in [0.25, 0.3) is 0 Å². The molecule has 0 nitrogen and oxygen atoms in total. The predicted molar refractivity (Wildman–Crippen MR) is 50.6 cm³/mol. The lowest BCUT2D eigenvalue weighted by molar-refractivity contribution is 1.44. The average molecular weight is 205 g/mol. The first kappa shape index (κ1) is 9.18. The Labute approximate surface area is 66.8 Å². The van der Waals surface area contributed by atoms with Gasteiger partial charge in [0.05, 0.1) is 8.07 Å². The summed E-state index contributed by atoms with van der Waals surface area (Å²) in [5.74, 6) is 0. The van der Waals surface area contributed by atoms with Gasteiger partial charge in [-0.25, -0.2) is 0 Å². The lowest BCUT2D eigenvalue weighted by Crippen LogP contribution is -2.24.